The van der Waals surface area contributed by atoms with Crippen LogP contribution in [0.3, 0.4) is 0 Å². The lowest BCUT2D eigenvalue weighted by Gasteiger charge is -1.64. The van der Waals surface area contributed by atoms with Crippen molar-refractivity contribution in [3.63, 3.8) is 0 Å². The molecule has 0 radical (unpaired) electrons. The molecule has 0 aliphatic rings. The highest BCUT2D eigenvalue weighted by molar-refractivity contribution is 5.02. The first-order valence-corrected chi connectivity index (χ1v) is 3.12. The first-order chi connectivity index (χ1) is 4.91. The zero-order valence-corrected chi connectivity index (χ0v) is 6.09. The summed E-state index contributed by atoms with van der Waals surface area (Å²) < 4.78 is 0. The highest BCUT2D eigenvalue weighted by Crippen LogP contribution is 1.74. The largest absolute Gasteiger partial charge is 0.120 e. The minimum absolute atomic E-state index is 0.622. The molecule has 0 N–H and O–H groups in total. The minimum atomic E-state index is 0.622. The van der Waals surface area contributed by atoms with E-state index in [1.165, 1.54) is 0 Å². The Morgan fingerprint density at radius 1 is 1.40 bits per heavy atom. The van der Waals surface area contributed by atoms with Gasteiger partial charge in [-0.15, -0.1) is 12.3 Å². The van der Waals surface area contributed by atoms with Gasteiger partial charge in [0.25, 0.3) is 0 Å². The van der Waals surface area contributed by atoms with Gasteiger partial charge in [0, 0.05) is 6.42 Å². The van der Waals surface area contributed by atoms with Gasteiger partial charge in [-0.05, 0) is 19.1 Å². The first-order valence-electron chi connectivity index (χ1n) is 3.12. The van der Waals surface area contributed by atoms with Crippen LogP contribution in [0.15, 0.2) is 35.8 Å². The molecule has 10 heavy (non-hydrogen) atoms. The van der Waals surface area contributed by atoms with E-state index in [-0.39, 0.29) is 0 Å². The highest BCUT2D eigenvalue weighted by atomic mass is 13.6. The molecule has 50 valence electrons. The van der Waals surface area contributed by atoms with Crippen LogP contribution in [-0.4, -0.2) is 0 Å². The predicted octanol–water partition coefficient (Wildman–Crippen LogP) is 2.45. The second-order valence-corrected chi connectivity index (χ2v) is 1.59. The van der Waals surface area contributed by atoms with E-state index >= 15 is 0 Å². The summed E-state index contributed by atoms with van der Waals surface area (Å²) in [4.78, 5) is 0. The van der Waals surface area contributed by atoms with Crippen molar-refractivity contribution in [3.05, 3.63) is 35.8 Å². The summed E-state index contributed by atoms with van der Waals surface area (Å²) in [6, 6.07) is 0. The monoisotopic (exact) mass is 130 g/mol. The van der Waals surface area contributed by atoms with E-state index in [1.54, 1.807) is 12.2 Å². The molecule has 0 saturated heterocycles. The van der Waals surface area contributed by atoms with Crippen LogP contribution in [0.5, 0.6) is 0 Å². The third kappa shape index (κ3) is 6.60. The van der Waals surface area contributed by atoms with Crippen LogP contribution in [0.25, 0.3) is 0 Å². The number of rotatable bonds is 2. The molecule has 0 aliphatic carbocycles. The van der Waals surface area contributed by atoms with Crippen LogP contribution in [0.4, 0.5) is 0 Å². The van der Waals surface area contributed by atoms with E-state index in [2.05, 4.69) is 17.4 Å². The van der Waals surface area contributed by atoms with E-state index in [0.29, 0.717) is 6.42 Å². The van der Waals surface area contributed by atoms with Crippen LogP contribution < -0.4 is 0 Å². The molecule has 0 heteroatoms. The van der Waals surface area contributed by atoms with Crippen LogP contribution in [0, 0.1) is 12.3 Å². The van der Waals surface area contributed by atoms with Crippen LogP contribution in [-0.2, 0) is 0 Å². The third-order valence-corrected chi connectivity index (χ3v) is 0.777. The van der Waals surface area contributed by atoms with Crippen molar-refractivity contribution in [1.82, 2.24) is 0 Å². The molecular formula is C10H10. The molecule has 0 saturated carbocycles. The smallest absolute Gasteiger partial charge is 0.0348 e. The molecule has 0 aliphatic heterocycles. The molecule has 0 unspecified atom stereocenters. The van der Waals surface area contributed by atoms with Gasteiger partial charge >= 0.3 is 0 Å². The summed E-state index contributed by atoms with van der Waals surface area (Å²) in [5.41, 5.74) is 5.60. The Kier molecular flexibility index (Phi) is 6.54. The summed E-state index contributed by atoms with van der Waals surface area (Å²) in [5, 5.41) is 0. The average Bonchev–Trinajstić information content (AvgIpc) is 1.97. The number of hydrogen-bond acceptors (Lipinski definition) is 0. The SMILES string of the molecule is C#CCC=C=C=CC=CC. The molecule has 0 nitrogen and oxygen atoms in total. The van der Waals surface area contributed by atoms with Crippen LogP contribution in [0.2, 0.25) is 0 Å². The second kappa shape index (κ2) is 7.60. The summed E-state index contributed by atoms with van der Waals surface area (Å²) in [5.74, 6) is 2.47. The van der Waals surface area contributed by atoms with E-state index in [9.17, 15) is 0 Å². The molecule has 0 bridgehead atoms. The molecular weight excluding hydrogens is 120 g/mol. The van der Waals surface area contributed by atoms with E-state index in [0.717, 1.165) is 0 Å². The van der Waals surface area contributed by atoms with Crippen molar-refractivity contribution >= 4 is 0 Å². The van der Waals surface area contributed by atoms with Gasteiger partial charge in [0.2, 0.25) is 0 Å². The van der Waals surface area contributed by atoms with Gasteiger partial charge in [0.1, 0.15) is 0 Å². The number of terminal acetylenes is 1. The Bertz CT molecular complexity index is 223. The van der Waals surface area contributed by atoms with Crippen molar-refractivity contribution < 1.29 is 0 Å². The second-order valence-electron chi connectivity index (χ2n) is 1.59. The van der Waals surface area contributed by atoms with Crippen LogP contribution >= 0.6 is 0 Å². The molecule has 0 heterocycles. The molecule has 0 aromatic rings. The molecule has 0 spiro atoms. The Balaban J connectivity index is 3.86. The lowest BCUT2D eigenvalue weighted by molar-refractivity contribution is 1.49. The van der Waals surface area contributed by atoms with Crippen molar-refractivity contribution in [2.45, 2.75) is 13.3 Å². The van der Waals surface area contributed by atoms with Crippen molar-refractivity contribution in [2.75, 3.05) is 0 Å². The molecule has 0 fully saturated rings. The van der Waals surface area contributed by atoms with E-state index < -0.39 is 0 Å². The van der Waals surface area contributed by atoms with Crippen molar-refractivity contribution in [1.29, 1.82) is 0 Å². The lowest BCUT2D eigenvalue weighted by Crippen LogP contribution is -1.48. The zero-order valence-electron chi connectivity index (χ0n) is 6.09. The third-order valence-electron chi connectivity index (χ3n) is 0.777. The lowest BCUT2D eigenvalue weighted by atomic mass is 10.4. The fourth-order valence-corrected chi connectivity index (χ4v) is 0.361. The maximum absolute atomic E-state index is 5.00. The van der Waals surface area contributed by atoms with Gasteiger partial charge in [-0.2, -0.15) is 0 Å². The zero-order chi connectivity index (χ0) is 7.66. The summed E-state index contributed by atoms with van der Waals surface area (Å²) in [7, 11) is 0. The standard InChI is InChI=1S/C10H10/c1-3-5-7-9-10-8-6-4-2/h1,4,6-8H,5H2,2H3. The van der Waals surface area contributed by atoms with E-state index in [1.807, 2.05) is 19.1 Å². The first kappa shape index (κ1) is 8.60. The summed E-state index contributed by atoms with van der Waals surface area (Å²) in [6.07, 6.45) is 13.0. The Labute approximate surface area is 62.3 Å². The molecule has 0 aromatic heterocycles. The van der Waals surface area contributed by atoms with Gasteiger partial charge in [0.05, 0.1) is 0 Å². The number of allylic oxidation sites excluding steroid dienone is 4. The Hall–Kier alpha value is -1.40. The maximum Gasteiger partial charge on any atom is 0.0348 e. The maximum atomic E-state index is 5.00. The van der Waals surface area contributed by atoms with Crippen molar-refractivity contribution in [3.8, 4) is 12.3 Å². The Morgan fingerprint density at radius 3 is 2.80 bits per heavy atom. The molecule has 0 aromatic carbocycles. The fourth-order valence-electron chi connectivity index (χ4n) is 0.361. The quantitative estimate of drug-likeness (QED) is 0.306. The van der Waals surface area contributed by atoms with Gasteiger partial charge in [0.15, 0.2) is 0 Å². The van der Waals surface area contributed by atoms with Gasteiger partial charge in [-0.1, -0.05) is 23.6 Å². The van der Waals surface area contributed by atoms with Crippen LogP contribution in [0.1, 0.15) is 13.3 Å². The molecule has 0 amide bonds. The van der Waals surface area contributed by atoms with Gasteiger partial charge in [-0.3, -0.25) is 0 Å². The van der Waals surface area contributed by atoms with E-state index in [4.69, 9.17) is 6.42 Å². The predicted molar refractivity (Wildman–Crippen MR) is 44.4 cm³/mol. The summed E-state index contributed by atoms with van der Waals surface area (Å²) >= 11 is 0. The average molecular weight is 130 g/mol. The normalized spacial score (nSPS) is 7.60. The molecule has 0 atom stereocenters. The minimum Gasteiger partial charge on any atom is -0.120 e. The van der Waals surface area contributed by atoms with Gasteiger partial charge < -0.3 is 0 Å². The number of hydrogen-bond donors (Lipinski definition) is 0. The highest BCUT2D eigenvalue weighted by Gasteiger charge is 1.58. The Morgan fingerprint density at radius 2 is 2.20 bits per heavy atom. The van der Waals surface area contributed by atoms with Gasteiger partial charge in [-0.25, -0.2) is 0 Å². The topological polar surface area (TPSA) is 0 Å². The molecule has 0 rings (SSSR count). The summed E-state index contributed by atoms with van der Waals surface area (Å²) in [6.45, 7) is 1.95. The fraction of sp³-hybridized carbons (Fsp3) is 0.200. The van der Waals surface area contributed by atoms with Crippen molar-refractivity contribution in [2.24, 2.45) is 0 Å².